The van der Waals surface area contributed by atoms with Gasteiger partial charge in [-0.15, -0.1) is 0 Å². The Morgan fingerprint density at radius 2 is 2.03 bits per heavy atom. The molecule has 1 saturated carbocycles. The molecule has 1 amide bonds. The second-order valence-electron chi connectivity index (χ2n) is 9.58. The van der Waals surface area contributed by atoms with Gasteiger partial charge < -0.3 is 19.9 Å². The molecule has 2 fully saturated rings. The number of H-pyrrole nitrogens is 1. The van der Waals surface area contributed by atoms with E-state index in [0.717, 1.165) is 71.8 Å². The topological polar surface area (TPSA) is 109 Å². The van der Waals surface area contributed by atoms with Crippen molar-refractivity contribution in [3.8, 4) is 17.0 Å². The minimum Gasteiger partial charge on any atom is -0.480 e. The van der Waals surface area contributed by atoms with Crippen molar-refractivity contribution in [1.29, 1.82) is 0 Å². The van der Waals surface area contributed by atoms with E-state index in [-0.39, 0.29) is 5.91 Å². The van der Waals surface area contributed by atoms with Gasteiger partial charge in [-0.1, -0.05) is 6.07 Å². The summed E-state index contributed by atoms with van der Waals surface area (Å²) in [6.07, 6.45) is 7.97. The van der Waals surface area contributed by atoms with Crippen molar-refractivity contribution >= 4 is 33.8 Å². The Labute approximate surface area is 196 Å². The number of hydrogen-bond donors (Lipinski definition) is 2. The zero-order valence-electron chi connectivity index (χ0n) is 19.3. The fourth-order valence-corrected chi connectivity index (χ4v) is 5.46. The molecule has 2 N–H and O–H groups in total. The molecule has 34 heavy (non-hydrogen) atoms. The predicted molar refractivity (Wildman–Crippen MR) is 130 cm³/mol. The Hall–Kier alpha value is -3.75. The number of fused-ring (bicyclic) bond motifs is 2. The molecule has 0 bridgehead atoms. The van der Waals surface area contributed by atoms with E-state index in [1.807, 2.05) is 29.3 Å². The minimum atomic E-state index is 0.183. The van der Waals surface area contributed by atoms with E-state index in [9.17, 15) is 4.79 Å². The van der Waals surface area contributed by atoms with Gasteiger partial charge >= 0.3 is 0 Å². The van der Waals surface area contributed by atoms with Crippen LogP contribution in [0.1, 0.15) is 32.6 Å². The van der Waals surface area contributed by atoms with E-state index < -0.39 is 0 Å². The van der Waals surface area contributed by atoms with Crippen LogP contribution in [0.4, 0.5) is 5.95 Å². The lowest BCUT2D eigenvalue weighted by atomic mass is 9.67. The quantitative estimate of drug-likeness (QED) is 0.480. The van der Waals surface area contributed by atoms with Gasteiger partial charge in [0, 0.05) is 48.6 Å². The smallest absolute Gasteiger partial charge is 0.228 e. The number of aromatic amines is 1. The van der Waals surface area contributed by atoms with Crippen LogP contribution in [0.5, 0.6) is 5.88 Å². The third kappa shape index (κ3) is 3.52. The maximum absolute atomic E-state index is 11.6. The Morgan fingerprint density at radius 1 is 1.21 bits per heavy atom. The summed E-state index contributed by atoms with van der Waals surface area (Å²) in [6, 6.07) is 8.34. The Balaban J connectivity index is 1.23. The van der Waals surface area contributed by atoms with Crippen LogP contribution < -0.4 is 10.1 Å². The summed E-state index contributed by atoms with van der Waals surface area (Å²) in [4.78, 5) is 26.3. The molecule has 0 atom stereocenters. The molecule has 174 valence electrons. The number of methoxy groups -OCH3 is 1. The Bertz CT molecular complexity index is 1380. The molecule has 1 aliphatic carbocycles. The van der Waals surface area contributed by atoms with E-state index in [2.05, 4.69) is 26.6 Å². The number of anilines is 1. The molecular weight excluding hydrogens is 430 g/mol. The van der Waals surface area contributed by atoms with Crippen molar-refractivity contribution in [1.82, 2.24) is 30.0 Å². The molecule has 9 heteroatoms. The largest absolute Gasteiger partial charge is 0.480 e. The first kappa shape index (κ1) is 20.8. The van der Waals surface area contributed by atoms with Crippen LogP contribution in [0.2, 0.25) is 0 Å². The summed E-state index contributed by atoms with van der Waals surface area (Å²) in [5, 5.41) is 13.5. The maximum atomic E-state index is 11.6. The molecule has 0 unspecified atom stereocenters. The van der Waals surface area contributed by atoms with Gasteiger partial charge in [-0.05, 0) is 49.4 Å². The lowest BCUT2D eigenvalue weighted by molar-refractivity contribution is -0.143. The van der Waals surface area contributed by atoms with E-state index in [4.69, 9.17) is 14.7 Å². The standard InChI is InChI=1S/C25H27N7O2/c1-15(33)32-13-25(14-32)8-5-18(6-9-25)28-24-29-22-21(23(30-24)34-2)19(12-26-22)16-3-4-20-17(11-16)7-10-27-31-20/h3-4,7,10-12,18H,5-6,8-9,13-14H2,1-2H3,(H2,26,28,29,30). The monoisotopic (exact) mass is 457 g/mol. The van der Waals surface area contributed by atoms with Gasteiger partial charge in [0.05, 0.1) is 24.2 Å². The van der Waals surface area contributed by atoms with Crippen molar-refractivity contribution in [2.45, 2.75) is 38.6 Å². The molecule has 1 aromatic carbocycles. The summed E-state index contributed by atoms with van der Waals surface area (Å²) >= 11 is 0. The first-order valence-electron chi connectivity index (χ1n) is 11.7. The minimum absolute atomic E-state index is 0.183. The lowest BCUT2D eigenvalue weighted by Gasteiger charge is -2.53. The molecule has 6 rings (SSSR count). The van der Waals surface area contributed by atoms with Crippen LogP contribution in [-0.4, -0.2) is 62.2 Å². The van der Waals surface area contributed by atoms with Gasteiger partial charge in [0.1, 0.15) is 5.65 Å². The molecule has 0 radical (unpaired) electrons. The molecule has 1 saturated heterocycles. The van der Waals surface area contributed by atoms with Crippen LogP contribution >= 0.6 is 0 Å². The second kappa shape index (κ2) is 7.93. The molecule has 1 spiro atoms. The van der Waals surface area contributed by atoms with Gasteiger partial charge in [0.15, 0.2) is 0 Å². The van der Waals surface area contributed by atoms with E-state index in [1.165, 1.54) is 0 Å². The number of benzene rings is 1. The maximum Gasteiger partial charge on any atom is 0.228 e. The molecule has 2 aliphatic rings. The zero-order valence-corrected chi connectivity index (χ0v) is 19.3. The Kier molecular flexibility index (Phi) is 4.86. The highest BCUT2D eigenvalue weighted by atomic mass is 16.5. The number of hydrogen-bond acceptors (Lipinski definition) is 7. The van der Waals surface area contributed by atoms with Crippen molar-refractivity contribution in [2.24, 2.45) is 5.41 Å². The average Bonchev–Trinajstić information content (AvgIpc) is 3.26. The third-order valence-electron chi connectivity index (χ3n) is 7.39. The number of nitrogens with one attached hydrogen (secondary N) is 2. The summed E-state index contributed by atoms with van der Waals surface area (Å²) in [7, 11) is 1.64. The zero-order chi connectivity index (χ0) is 23.3. The van der Waals surface area contributed by atoms with Crippen molar-refractivity contribution in [2.75, 3.05) is 25.5 Å². The normalized spacial score (nSPS) is 17.8. The van der Waals surface area contributed by atoms with Crippen molar-refractivity contribution < 1.29 is 9.53 Å². The summed E-state index contributed by atoms with van der Waals surface area (Å²) < 4.78 is 5.69. The number of likely N-dealkylation sites (tertiary alicyclic amines) is 1. The van der Waals surface area contributed by atoms with Gasteiger partial charge in [0.2, 0.25) is 17.7 Å². The molecule has 1 aliphatic heterocycles. The number of carbonyl (C=O) groups excluding carboxylic acids is 1. The van der Waals surface area contributed by atoms with Gasteiger partial charge in [-0.25, -0.2) is 0 Å². The molecular formula is C25H27N7O2. The van der Waals surface area contributed by atoms with Crippen LogP contribution in [-0.2, 0) is 4.79 Å². The average molecular weight is 458 g/mol. The van der Waals surface area contributed by atoms with Crippen LogP contribution in [0, 0.1) is 5.41 Å². The fourth-order valence-electron chi connectivity index (χ4n) is 5.46. The fraction of sp³-hybridized carbons (Fsp3) is 0.400. The van der Waals surface area contributed by atoms with Crippen molar-refractivity contribution in [3.05, 3.63) is 36.7 Å². The lowest BCUT2D eigenvalue weighted by Crippen LogP contribution is -2.59. The molecule has 3 aromatic heterocycles. The van der Waals surface area contributed by atoms with E-state index in [0.29, 0.717) is 23.3 Å². The van der Waals surface area contributed by atoms with Gasteiger partial charge in [-0.3, -0.25) is 4.79 Å². The first-order valence-corrected chi connectivity index (χ1v) is 11.7. The van der Waals surface area contributed by atoms with E-state index in [1.54, 1.807) is 20.2 Å². The number of rotatable bonds is 4. The highest BCUT2D eigenvalue weighted by molar-refractivity contribution is 5.99. The van der Waals surface area contributed by atoms with Gasteiger partial charge in [0.25, 0.3) is 0 Å². The molecule has 9 nitrogen and oxygen atoms in total. The van der Waals surface area contributed by atoms with Crippen LogP contribution in [0.25, 0.3) is 33.1 Å². The highest BCUT2D eigenvalue weighted by Gasteiger charge is 2.46. The number of aromatic nitrogens is 5. The summed E-state index contributed by atoms with van der Waals surface area (Å²) in [5.74, 6) is 1.30. The summed E-state index contributed by atoms with van der Waals surface area (Å²) in [5.41, 5.74) is 3.92. The SMILES string of the molecule is COc1nc(NC2CCC3(CC2)CN(C(C)=O)C3)nc2[nH]cc(-c3ccc4nnccc4c3)c12. The summed E-state index contributed by atoms with van der Waals surface area (Å²) in [6.45, 7) is 3.46. The highest BCUT2D eigenvalue weighted by Crippen LogP contribution is 2.44. The van der Waals surface area contributed by atoms with Gasteiger partial charge in [-0.2, -0.15) is 20.2 Å². The van der Waals surface area contributed by atoms with Crippen LogP contribution in [0.15, 0.2) is 36.7 Å². The molecule has 4 aromatic rings. The van der Waals surface area contributed by atoms with Crippen molar-refractivity contribution in [3.63, 3.8) is 0 Å². The number of amides is 1. The molecule has 4 heterocycles. The number of ether oxygens (including phenoxy) is 1. The first-order chi connectivity index (χ1) is 16.5. The second-order valence-corrected chi connectivity index (χ2v) is 9.58. The third-order valence-corrected chi connectivity index (χ3v) is 7.39. The predicted octanol–water partition coefficient (Wildman–Crippen LogP) is 3.78. The number of carbonyl (C=O) groups is 1. The van der Waals surface area contributed by atoms with E-state index >= 15 is 0 Å². The van der Waals surface area contributed by atoms with Crippen LogP contribution in [0.3, 0.4) is 0 Å². The Morgan fingerprint density at radius 3 is 2.79 bits per heavy atom. The number of nitrogens with zero attached hydrogens (tertiary/aromatic N) is 5.